The molecule has 0 atom stereocenters. The molecule has 10 heteroatoms. The maximum absolute atomic E-state index is 12.4. The number of anilines is 1. The first kappa shape index (κ1) is 20.0. The van der Waals surface area contributed by atoms with E-state index < -0.39 is 0 Å². The second-order valence-corrected chi connectivity index (χ2v) is 8.23. The molecule has 29 heavy (non-hydrogen) atoms. The molecule has 0 aromatic carbocycles. The third kappa shape index (κ3) is 4.19. The number of thiophene rings is 1. The smallest absolute Gasteiger partial charge is 0.348 e. The van der Waals surface area contributed by atoms with E-state index in [9.17, 15) is 9.59 Å². The average molecular weight is 421 g/mol. The Morgan fingerprint density at radius 2 is 2.14 bits per heavy atom. The molecule has 0 radical (unpaired) electrons. The van der Waals surface area contributed by atoms with Crippen LogP contribution in [0, 0.1) is 6.92 Å². The minimum atomic E-state index is -0.337. The van der Waals surface area contributed by atoms with Gasteiger partial charge in [0.25, 0.3) is 0 Å². The Hall–Kier alpha value is -2.30. The molecule has 0 bridgehead atoms. The summed E-state index contributed by atoms with van der Waals surface area (Å²) in [6.07, 6.45) is 0. The summed E-state index contributed by atoms with van der Waals surface area (Å²) >= 11 is 1.34. The average Bonchev–Trinajstić information content (AvgIpc) is 3.05. The van der Waals surface area contributed by atoms with Crippen molar-refractivity contribution in [2.75, 3.05) is 57.4 Å². The molecular weight excluding hydrogens is 394 g/mol. The van der Waals surface area contributed by atoms with E-state index >= 15 is 0 Å². The number of esters is 1. The highest BCUT2D eigenvalue weighted by molar-refractivity contribution is 7.20. The molecule has 0 unspecified atom stereocenters. The van der Waals surface area contributed by atoms with Gasteiger partial charge < -0.3 is 24.6 Å². The van der Waals surface area contributed by atoms with Crippen LogP contribution in [0.5, 0.6) is 0 Å². The molecule has 9 nitrogen and oxygen atoms in total. The quantitative estimate of drug-likeness (QED) is 0.631. The number of piperazine rings is 1. The summed E-state index contributed by atoms with van der Waals surface area (Å²) in [5.74, 6) is 1.10. The maximum Gasteiger partial charge on any atom is 0.348 e. The second kappa shape index (κ2) is 8.60. The van der Waals surface area contributed by atoms with Crippen LogP contribution >= 0.6 is 11.3 Å². The number of nitrogens with one attached hydrogen (secondary N) is 2. The lowest BCUT2D eigenvalue weighted by molar-refractivity contribution is -0.922. The van der Waals surface area contributed by atoms with Crippen molar-refractivity contribution in [2.45, 2.75) is 20.4 Å². The topological polar surface area (TPSA) is 98.1 Å². The monoisotopic (exact) mass is 420 g/mol. The number of hydrogen-bond donors (Lipinski definition) is 2. The number of quaternary nitrogens is 1. The molecule has 1 amide bonds. The van der Waals surface area contributed by atoms with Crippen LogP contribution in [0.3, 0.4) is 0 Å². The summed E-state index contributed by atoms with van der Waals surface area (Å²) in [7, 11) is 0. The fourth-order valence-electron chi connectivity index (χ4n) is 3.74. The first-order valence-corrected chi connectivity index (χ1v) is 10.8. The molecule has 2 aromatic rings. The highest BCUT2D eigenvalue weighted by Crippen LogP contribution is 2.36. The number of carbonyl (C=O) groups is 2. The lowest BCUT2D eigenvalue weighted by Gasteiger charge is -2.29. The van der Waals surface area contributed by atoms with Crippen LogP contribution < -0.4 is 15.1 Å². The zero-order valence-corrected chi connectivity index (χ0v) is 17.6. The summed E-state index contributed by atoms with van der Waals surface area (Å²) in [6, 6.07) is 0. The normalized spacial score (nSPS) is 18.1. The van der Waals surface area contributed by atoms with Crippen molar-refractivity contribution in [3.63, 3.8) is 0 Å². The van der Waals surface area contributed by atoms with Crippen LogP contribution in [0.15, 0.2) is 0 Å². The van der Waals surface area contributed by atoms with Gasteiger partial charge in [-0.15, -0.1) is 11.3 Å². The molecule has 2 aliphatic heterocycles. The number of aromatic nitrogens is 2. The van der Waals surface area contributed by atoms with Crippen molar-refractivity contribution in [1.82, 2.24) is 15.3 Å². The Balaban J connectivity index is 1.77. The number of nitrogens with zero attached hydrogens (tertiary/aromatic N) is 3. The third-order valence-corrected chi connectivity index (χ3v) is 6.39. The van der Waals surface area contributed by atoms with Crippen molar-refractivity contribution >= 4 is 39.2 Å². The highest BCUT2D eigenvalue weighted by Gasteiger charge is 2.27. The molecule has 2 N–H and O–H groups in total. The van der Waals surface area contributed by atoms with E-state index in [1.165, 1.54) is 16.2 Å². The Morgan fingerprint density at radius 3 is 2.86 bits per heavy atom. The SMILES string of the molecule is CCOC(=O)c1sc2nc(C[NH+]3CCOCC3)nc(N3CCNC(=O)C3)c2c1C. The van der Waals surface area contributed by atoms with Gasteiger partial charge in [0.05, 0.1) is 31.8 Å². The van der Waals surface area contributed by atoms with Gasteiger partial charge in [0, 0.05) is 13.1 Å². The van der Waals surface area contributed by atoms with E-state index in [0.29, 0.717) is 31.1 Å². The van der Waals surface area contributed by atoms with Crippen LogP contribution in [0.2, 0.25) is 0 Å². The molecule has 2 saturated heterocycles. The van der Waals surface area contributed by atoms with Gasteiger partial charge in [-0.3, -0.25) is 4.79 Å². The predicted molar refractivity (Wildman–Crippen MR) is 109 cm³/mol. The second-order valence-electron chi connectivity index (χ2n) is 7.23. The van der Waals surface area contributed by atoms with E-state index in [4.69, 9.17) is 19.4 Å². The van der Waals surface area contributed by atoms with Crippen LogP contribution in [0.1, 0.15) is 28.0 Å². The number of aryl methyl sites for hydroxylation is 1. The van der Waals surface area contributed by atoms with Crippen LogP contribution in [0.25, 0.3) is 10.2 Å². The Kier molecular flexibility index (Phi) is 5.93. The lowest BCUT2D eigenvalue weighted by atomic mass is 10.2. The standard InChI is InChI=1S/C19H25N5O4S/c1-3-28-19(26)16-12(2)15-17(24-5-4-20-14(25)11-24)21-13(22-18(15)29-16)10-23-6-8-27-9-7-23/h3-11H2,1-2H3,(H,20,25)/p+1. The molecule has 156 valence electrons. The Labute approximate surface area is 173 Å². The maximum atomic E-state index is 12.4. The van der Waals surface area contributed by atoms with E-state index in [1.807, 2.05) is 11.8 Å². The highest BCUT2D eigenvalue weighted by atomic mass is 32.1. The molecular formula is C19H26N5O4S+. The zero-order chi connectivity index (χ0) is 20.4. The number of ether oxygens (including phenoxy) is 2. The summed E-state index contributed by atoms with van der Waals surface area (Å²) in [5.41, 5.74) is 0.815. The molecule has 4 rings (SSSR count). The molecule has 0 spiro atoms. The van der Waals surface area contributed by atoms with Gasteiger partial charge in [0.15, 0.2) is 5.82 Å². The number of amides is 1. The van der Waals surface area contributed by atoms with Crippen molar-refractivity contribution in [3.05, 3.63) is 16.3 Å². The van der Waals surface area contributed by atoms with Crippen LogP contribution in [-0.2, 0) is 20.8 Å². The first-order chi connectivity index (χ1) is 14.1. The third-order valence-electron chi connectivity index (χ3n) is 5.22. The van der Waals surface area contributed by atoms with Gasteiger partial charge in [-0.2, -0.15) is 0 Å². The fourth-order valence-corrected chi connectivity index (χ4v) is 4.83. The van der Waals surface area contributed by atoms with Gasteiger partial charge in [-0.1, -0.05) is 0 Å². The molecule has 2 fully saturated rings. The summed E-state index contributed by atoms with van der Waals surface area (Å²) in [6.45, 7) is 9.51. The van der Waals surface area contributed by atoms with Crippen LogP contribution in [-0.4, -0.2) is 74.4 Å². The summed E-state index contributed by atoms with van der Waals surface area (Å²) in [5, 5.41) is 3.69. The molecule has 0 saturated carbocycles. The molecule has 2 aromatic heterocycles. The van der Waals surface area contributed by atoms with Crippen LogP contribution in [0.4, 0.5) is 5.82 Å². The molecule has 4 heterocycles. The number of morpholine rings is 1. The largest absolute Gasteiger partial charge is 0.462 e. The van der Waals surface area contributed by atoms with Gasteiger partial charge in [0.2, 0.25) is 5.91 Å². The van der Waals surface area contributed by atoms with Crippen molar-refractivity contribution in [1.29, 1.82) is 0 Å². The minimum Gasteiger partial charge on any atom is -0.462 e. The van der Waals surface area contributed by atoms with Gasteiger partial charge >= 0.3 is 5.97 Å². The Bertz CT molecular complexity index is 925. The van der Waals surface area contributed by atoms with E-state index in [-0.39, 0.29) is 18.4 Å². The Morgan fingerprint density at radius 1 is 1.34 bits per heavy atom. The van der Waals surface area contributed by atoms with E-state index in [1.54, 1.807) is 6.92 Å². The number of hydrogen-bond acceptors (Lipinski definition) is 8. The van der Waals surface area contributed by atoms with Gasteiger partial charge in [-0.25, -0.2) is 14.8 Å². The van der Waals surface area contributed by atoms with E-state index in [2.05, 4.69) is 5.32 Å². The van der Waals surface area contributed by atoms with Gasteiger partial charge in [-0.05, 0) is 19.4 Å². The first-order valence-electron chi connectivity index (χ1n) is 9.97. The lowest BCUT2D eigenvalue weighted by Crippen LogP contribution is -3.12. The van der Waals surface area contributed by atoms with Crippen molar-refractivity contribution < 1.29 is 24.0 Å². The summed E-state index contributed by atoms with van der Waals surface area (Å²) < 4.78 is 10.7. The minimum absolute atomic E-state index is 0.0261. The molecule has 0 aliphatic carbocycles. The van der Waals surface area contributed by atoms with E-state index in [0.717, 1.165) is 53.7 Å². The predicted octanol–water partition coefficient (Wildman–Crippen LogP) is -0.472. The number of fused-ring (bicyclic) bond motifs is 1. The van der Waals surface area contributed by atoms with Crippen molar-refractivity contribution in [3.8, 4) is 0 Å². The molecule has 2 aliphatic rings. The number of carbonyl (C=O) groups excluding carboxylic acids is 2. The zero-order valence-electron chi connectivity index (χ0n) is 16.7. The number of rotatable bonds is 5. The fraction of sp³-hybridized carbons (Fsp3) is 0.579. The van der Waals surface area contributed by atoms with Crippen molar-refractivity contribution in [2.24, 2.45) is 0 Å². The summed E-state index contributed by atoms with van der Waals surface area (Å²) in [4.78, 5) is 38.7. The van der Waals surface area contributed by atoms with Gasteiger partial charge in [0.1, 0.15) is 35.2 Å².